The molecule has 0 spiro atoms. The summed E-state index contributed by atoms with van der Waals surface area (Å²) < 4.78 is 0. The van der Waals surface area contributed by atoms with Crippen LogP contribution in [0, 0.1) is 13.8 Å². The van der Waals surface area contributed by atoms with Crippen molar-refractivity contribution in [3.63, 3.8) is 0 Å². The SMILES string of the molecule is Cc1ccc(C)c(SCC(=O)NNC(=O)c2ccc3ccccc3n2)c1. The number of para-hydroxylation sites is 1. The molecule has 0 aliphatic carbocycles. The average molecular weight is 365 g/mol. The van der Waals surface area contributed by atoms with Gasteiger partial charge >= 0.3 is 0 Å². The van der Waals surface area contributed by atoms with Crippen LogP contribution in [0.25, 0.3) is 10.9 Å². The number of hydrogen-bond donors (Lipinski definition) is 2. The maximum atomic E-state index is 12.2. The van der Waals surface area contributed by atoms with Gasteiger partial charge in [0.05, 0.1) is 11.3 Å². The molecule has 132 valence electrons. The van der Waals surface area contributed by atoms with Gasteiger partial charge in [0.1, 0.15) is 5.69 Å². The first kappa shape index (κ1) is 17.9. The molecule has 0 aliphatic heterocycles. The van der Waals surface area contributed by atoms with Crippen molar-refractivity contribution in [3.05, 3.63) is 71.4 Å². The van der Waals surface area contributed by atoms with E-state index in [2.05, 4.69) is 15.8 Å². The van der Waals surface area contributed by atoms with Crippen molar-refractivity contribution in [2.75, 3.05) is 5.75 Å². The first-order valence-electron chi connectivity index (χ1n) is 8.18. The highest BCUT2D eigenvalue weighted by Crippen LogP contribution is 2.23. The molecule has 0 fully saturated rings. The highest BCUT2D eigenvalue weighted by molar-refractivity contribution is 8.00. The molecule has 2 aromatic carbocycles. The van der Waals surface area contributed by atoms with Gasteiger partial charge in [-0.3, -0.25) is 20.4 Å². The Kier molecular flexibility index (Phi) is 5.53. The number of aryl methyl sites for hydroxylation is 2. The van der Waals surface area contributed by atoms with Crippen LogP contribution in [0.1, 0.15) is 21.6 Å². The molecule has 0 saturated carbocycles. The number of amides is 2. The summed E-state index contributed by atoms with van der Waals surface area (Å²) in [6.45, 7) is 4.02. The van der Waals surface area contributed by atoms with Gasteiger partial charge in [0.15, 0.2) is 0 Å². The standard InChI is InChI=1S/C20H19N3O2S/c1-13-7-8-14(2)18(11-13)26-12-19(24)22-23-20(25)17-10-9-15-5-3-4-6-16(15)21-17/h3-11H,12H2,1-2H3,(H,22,24)(H,23,25). The Morgan fingerprint density at radius 2 is 1.81 bits per heavy atom. The maximum Gasteiger partial charge on any atom is 0.288 e. The van der Waals surface area contributed by atoms with E-state index in [0.717, 1.165) is 26.9 Å². The summed E-state index contributed by atoms with van der Waals surface area (Å²) in [6.07, 6.45) is 0. The van der Waals surface area contributed by atoms with Crippen LogP contribution < -0.4 is 10.9 Å². The fraction of sp³-hybridized carbons (Fsp3) is 0.150. The number of carbonyl (C=O) groups is 2. The fourth-order valence-electron chi connectivity index (χ4n) is 2.43. The lowest BCUT2D eigenvalue weighted by molar-refractivity contribution is -0.119. The van der Waals surface area contributed by atoms with Crippen LogP contribution in [0.15, 0.2) is 59.5 Å². The minimum absolute atomic E-state index is 0.218. The third kappa shape index (κ3) is 4.40. The predicted molar refractivity (Wildman–Crippen MR) is 104 cm³/mol. The lowest BCUT2D eigenvalue weighted by Gasteiger charge is -2.09. The van der Waals surface area contributed by atoms with E-state index >= 15 is 0 Å². The summed E-state index contributed by atoms with van der Waals surface area (Å²) >= 11 is 1.44. The summed E-state index contributed by atoms with van der Waals surface area (Å²) in [5, 5.41) is 0.956. The molecule has 0 saturated heterocycles. The van der Waals surface area contributed by atoms with Crippen molar-refractivity contribution >= 4 is 34.5 Å². The van der Waals surface area contributed by atoms with E-state index in [1.165, 1.54) is 11.8 Å². The third-order valence-corrected chi connectivity index (χ3v) is 5.01. The first-order valence-corrected chi connectivity index (χ1v) is 9.16. The zero-order valence-corrected chi connectivity index (χ0v) is 15.4. The number of nitrogens with one attached hydrogen (secondary N) is 2. The van der Waals surface area contributed by atoms with Gasteiger partial charge in [-0.15, -0.1) is 11.8 Å². The molecule has 3 rings (SSSR count). The number of benzene rings is 2. The largest absolute Gasteiger partial charge is 0.288 e. The van der Waals surface area contributed by atoms with Crippen LogP contribution in [0.2, 0.25) is 0 Å². The van der Waals surface area contributed by atoms with Crippen LogP contribution in [-0.4, -0.2) is 22.6 Å². The molecular formula is C20H19N3O2S. The Morgan fingerprint density at radius 3 is 2.65 bits per heavy atom. The molecule has 26 heavy (non-hydrogen) atoms. The number of hydrogen-bond acceptors (Lipinski definition) is 4. The number of nitrogens with zero attached hydrogens (tertiary/aromatic N) is 1. The van der Waals surface area contributed by atoms with E-state index in [4.69, 9.17) is 0 Å². The Hall–Kier alpha value is -2.86. The molecule has 5 nitrogen and oxygen atoms in total. The van der Waals surface area contributed by atoms with Gasteiger partial charge in [-0.05, 0) is 37.6 Å². The van der Waals surface area contributed by atoms with Crippen LogP contribution in [0.4, 0.5) is 0 Å². The third-order valence-electron chi connectivity index (χ3n) is 3.85. The van der Waals surface area contributed by atoms with E-state index in [-0.39, 0.29) is 17.4 Å². The first-order chi connectivity index (χ1) is 12.5. The quantitative estimate of drug-likeness (QED) is 0.549. The van der Waals surface area contributed by atoms with Gasteiger partial charge in [-0.1, -0.05) is 42.0 Å². The highest BCUT2D eigenvalue weighted by atomic mass is 32.2. The summed E-state index contributed by atoms with van der Waals surface area (Å²) in [5.74, 6) is -0.499. The molecule has 0 atom stereocenters. The monoisotopic (exact) mass is 365 g/mol. The zero-order valence-electron chi connectivity index (χ0n) is 14.6. The molecule has 2 amide bonds. The smallest absolute Gasteiger partial charge is 0.272 e. The number of hydrazine groups is 1. The predicted octanol–water partition coefficient (Wildman–Crippen LogP) is 3.40. The molecule has 0 radical (unpaired) electrons. The Bertz CT molecular complexity index is 972. The van der Waals surface area contributed by atoms with Crippen molar-refractivity contribution < 1.29 is 9.59 Å². The second kappa shape index (κ2) is 8.01. The van der Waals surface area contributed by atoms with E-state index < -0.39 is 5.91 Å². The number of carbonyl (C=O) groups excluding carboxylic acids is 2. The summed E-state index contributed by atoms with van der Waals surface area (Å²) in [6, 6.07) is 17.1. The van der Waals surface area contributed by atoms with Crippen molar-refractivity contribution in [2.45, 2.75) is 18.7 Å². The Morgan fingerprint density at radius 1 is 1.00 bits per heavy atom. The second-order valence-corrected chi connectivity index (χ2v) is 6.97. The number of thioether (sulfide) groups is 1. The minimum atomic E-state index is -0.444. The van der Waals surface area contributed by atoms with Gasteiger partial charge in [0.25, 0.3) is 5.91 Å². The van der Waals surface area contributed by atoms with Gasteiger partial charge < -0.3 is 0 Å². The lowest BCUT2D eigenvalue weighted by atomic mass is 10.2. The van der Waals surface area contributed by atoms with Crippen molar-refractivity contribution in [2.24, 2.45) is 0 Å². The minimum Gasteiger partial charge on any atom is -0.272 e. The van der Waals surface area contributed by atoms with E-state index in [0.29, 0.717) is 0 Å². The fourth-order valence-corrected chi connectivity index (χ4v) is 3.35. The maximum absolute atomic E-state index is 12.2. The highest BCUT2D eigenvalue weighted by Gasteiger charge is 2.10. The normalized spacial score (nSPS) is 10.5. The van der Waals surface area contributed by atoms with Crippen LogP contribution >= 0.6 is 11.8 Å². The Balaban J connectivity index is 1.54. The molecule has 3 aromatic rings. The summed E-state index contributed by atoms with van der Waals surface area (Å²) in [7, 11) is 0. The second-order valence-electron chi connectivity index (χ2n) is 5.95. The van der Waals surface area contributed by atoms with Gasteiger partial charge in [-0.25, -0.2) is 4.98 Å². The van der Waals surface area contributed by atoms with E-state index in [9.17, 15) is 9.59 Å². The van der Waals surface area contributed by atoms with Crippen LogP contribution in [-0.2, 0) is 4.79 Å². The summed E-state index contributed by atoms with van der Waals surface area (Å²) in [5.41, 5.74) is 8.10. The molecule has 1 aromatic heterocycles. The van der Waals surface area contributed by atoms with Gasteiger partial charge in [0, 0.05) is 10.3 Å². The number of aromatic nitrogens is 1. The molecule has 0 aliphatic rings. The van der Waals surface area contributed by atoms with E-state index in [1.807, 2.05) is 62.4 Å². The van der Waals surface area contributed by atoms with Crippen molar-refractivity contribution in [1.29, 1.82) is 0 Å². The zero-order chi connectivity index (χ0) is 18.5. The van der Waals surface area contributed by atoms with Crippen molar-refractivity contribution in [3.8, 4) is 0 Å². The number of pyridine rings is 1. The van der Waals surface area contributed by atoms with Gasteiger partial charge in [-0.2, -0.15) is 0 Å². The molecule has 0 unspecified atom stereocenters. The van der Waals surface area contributed by atoms with Gasteiger partial charge in [0.2, 0.25) is 5.91 Å². The summed E-state index contributed by atoms with van der Waals surface area (Å²) in [4.78, 5) is 29.5. The number of fused-ring (bicyclic) bond motifs is 1. The Labute approximate surface area is 156 Å². The molecule has 6 heteroatoms. The molecule has 0 bridgehead atoms. The topological polar surface area (TPSA) is 71.1 Å². The molecule has 2 N–H and O–H groups in total. The van der Waals surface area contributed by atoms with Crippen molar-refractivity contribution in [1.82, 2.24) is 15.8 Å². The van der Waals surface area contributed by atoms with Crippen LogP contribution in [0.5, 0.6) is 0 Å². The lowest BCUT2D eigenvalue weighted by Crippen LogP contribution is -2.42. The average Bonchev–Trinajstić information content (AvgIpc) is 2.66. The molecular weight excluding hydrogens is 346 g/mol. The van der Waals surface area contributed by atoms with Crippen LogP contribution in [0.3, 0.4) is 0 Å². The van der Waals surface area contributed by atoms with E-state index in [1.54, 1.807) is 6.07 Å². The number of rotatable bonds is 4. The molecule has 1 heterocycles.